The second-order valence-electron chi connectivity index (χ2n) is 6.05. The SMILES string of the molecule is Cc1cc(C)n(C(CNC(=O)C(=O)Nc2ccccc2F)c2cccs2)n1. The zero-order valence-corrected chi connectivity index (χ0v) is 15.7. The van der Waals surface area contributed by atoms with E-state index in [2.05, 4.69) is 15.7 Å². The first-order valence-corrected chi connectivity index (χ1v) is 9.23. The van der Waals surface area contributed by atoms with Crippen LogP contribution in [0.3, 0.4) is 0 Å². The number of anilines is 1. The lowest BCUT2D eigenvalue weighted by molar-refractivity contribution is -0.136. The summed E-state index contributed by atoms with van der Waals surface area (Å²) < 4.78 is 15.5. The van der Waals surface area contributed by atoms with Gasteiger partial charge in [0.05, 0.1) is 11.4 Å². The molecule has 2 aromatic heterocycles. The van der Waals surface area contributed by atoms with E-state index in [1.54, 1.807) is 17.4 Å². The average Bonchev–Trinajstić information content (AvgIpc) is 3.27. The zero-order chi connectivity index (χ0) is 19.4. The van der Waals surface area contributed by atoms with Crippen molar-refractivity contribution in [1.29, 1.82) is 0 Å². The summed E-state index contributed by atoms with van der Waals surface area (Å²) in [4.78, 5) is 25.3. The van der Waals surface area contributed by atoms with Crippen molar-refractivity contribution in [2.45, 2.75) is 19.9 Å². The molecule has 0 saturated heterocycles. The number of hydrogen-bond acceptors (Lipinski definition) is 4. The number of para-hydroxylation sites is 1. The van der Waals surface area contributed by atoms with Crippen LogP contribution in [-0.2, 0) is 9.59 Å². The lowest BCUT2D eigenvalue weighted by Crippen LogP contribution is -2.39. The van der Waals surface area contributed by atoms with Crippen molar-refractivity contribution in [2.75, 3.05) is 11.9 Å². The zero-order valence-electron chi connectivity index (χ0n) is 14.9. The van der Waals surface area contributed by atoms with E-state index in [4.69, 9.17) is 0 Å². The Labute approximate surface area is 160 Å². The molecule has 1 unspecified atom stereocenters. The predicted molar refractivity (Wildman–Crippen MR) is 102 cm³/mol. The molecule has 2 heterocycles. The molecule has 140 valence electrons. The number of carbonyl (C=O) groups excluding carboxylic acids is 2. The highest BCUT2D eigenvalue weighted by molar-refractivity contribution is 7.10. The summed E-state index contributed by atoms with van der Waals surface area (Å²) in [6, 6.07) is 11.3. The summed E-state index contributed by atoms with van der Waals surface area (Å²) in [6.07, 6.45) is 0. The number of halogens is 1. The van der Waals surface area contributed by atoms with E-state index in [1.165, 1.54) is 18.2 Å². The maximum Gasteiger partial charge on any atom is 0.313 e. The molecule has 6 nitrogen and oxygen atoms in total. The van der Waals surface area contributed by atoms with Crippen molar-refractivity contribution in [3.8, 4) is 0 Å². The number of hydrogen-bond donors (Lipinski definition) is 2. The minimum atomic E-state index is -0.918. The topological polar surface area (TPSA) is 76.0 Å². The van der Waals surface area contributed by atoms with Gasteiger partial charge in [0.15, 0.2) is 0 Å². The van der Waals surface area contributed by atoms with Gasteiger partial charge in [-0.05, 0) is 43.5 Å². The molecule has 0 fully saturated rings. The number of aryl methyl sites for hydroxylation is 2. The van der Waals surface area contributed by atoms with Gasteiger partial charge in [-0.15, -0.1) is 11.3 Å². The molecule has 0 aliphatic rings. The molecular formula is C19H19FN4O2S. The quantitative estimate of drug-likeness (QED) is 0.662. The minimum absolute atomic E-state index is 0.0361. The molecule has 2 amide bonds. The van der Waals surface area contributed by atoms with Gasteiger partial charge in [-0.3, -0.25) is 14.3 Å². The van der Waals surface area contributed by atoms with Gasteiger partial charge in [0.1, 0.15) is 11.9 Å². The summed E-state index contributed by atoms with van der Waals surface area (Å²) in [5, 5.41) is 11.3. The molecule has 8 heteroatoms. The van der Waals surface area contributed by atoms with E-state index in [9.17, 15) is 14.0 Å². The van der Waals surface area contributed by atoms with Crippen LogP contribution in [0, 0.1) is 19.7 Å². The van der Waals surface area contributed by atoms with Gasteiger partial charge >= 0.3 is 11.8 Å². The summed E-state index contributed by atoms with van der Waals surface area (Å²) in [7, 11) is 0. The third kappa shape index (κ3) is 4.40. The first-order valence-electron chi connectivity index (χ1n) is 8.35. The second kappa shape index (κ2) is 8.13. The predicted octanol–water partition coefficient (Wildman–Crippen LogP) is 3.04. The molecule has 2 N–H and O–H groups in total. The number of benzene rings is 1. The van der Waals surface area contributed by atoms with Crippen LogP contribution in [0.4, 0.5) is 10.1 Å². The lowest BCUT2D eigenvalue weighted by atomic mass is 10.2. The molecule has 0 radical (unpaired) electrons. The van der Waals surface area contributed by atoms with Crippen LogP contribution >= 0.6 is 11.3 Å². The Kier molecular flexibility index (Phi) is 5.66. The van der Waals surface area contributed by atoms with E-state index < -0.39 is 17.6 Å². The highest BCUT2D eigenvalue weighted by Gasteiger charge is 2.21. The Balaban J connectivity index is 1.70. The van der Waals surface area contributed by atoms with E-state index in [1.807, 2.05) is 42.1 Å². The van der Waals surface area contributed by atoms with Crippen LogP contribution in [-0.4, -0.2) is 28.1 Å². The Morgan fingerprint density at radius 3 is 2.59 bits per heavy atom. The van der Waals surface area contributed by atoms with Crippen LogP contribution in [0.25, 0.3) is 0 Å². The smallest absolute Gasteiger partial charge is 0.313 e. The van der Waals surface area contributed by atoms with Gasteiger partial charge in [0.25, 0.3) is 0 Å². The minimum Gasteiger partial charge on any atom is -0.345 e. The molecule has 1 atom stereocenters. The normalized spacial score (nSPS) is 11.8. The van der Waals surface area contributed by atoms with E-state index in [0.717, 1.165) is 16.3 Å². The number of nitrogens with zero attached hydrogens (tertiary/aromatic N) is 2. The van der Waals surface area contributed by atoms with Crippen molar-refractivity contribution < 1.29 is 14.0 Å². The fraction of sp³-hybridized carbons (Fsp3) is 0.211. The maximum absolute atomic E-state index is 13.6. The number of amides is 2. The van der Waals surface area contributed by atoms with E-state index in [-0.39, 0.29) is 18.3 Å². The van der Waals surface area contributed by atoms with E-state index in [0.29, 0.717) is 0 Å². The number of aromatic nitrogens is 2. The Bertz CT molecular complexity index is 953. The average molecular weight is 386 g/mol. The standard InChI is InChI=1S/C19H19FN4O2S/c1-12-10-13(2)24(23-12)16(17-8-5-9-27-17)11-21-18(25)19(26)22-15-7-4-3-6-14(15)20/h3-10,16H,11H2,1-2H3,(H,21,25)(H,22,26). The highest BCUT2D eigenvalue weighted by Crippen LogP contribution is 2.24. The van der Waals surface area contributed by atoms with Crippen molar-refractivity contribution in [1.82, 2.24) is 15.1 Å². The molecule has 0 spiro atoms. The molecule has 0 aliphatic heterocycles. The van der Waals surface area contributed by atoms with Crippen molar-refractivity contribution in [3.05, 3.63) is 69.9 Å². The molecule has 3 aromatic rings. The first-order chi connectivity index (χ1) is 13.0. The van der Waals surface area contributed by atoms with Crippen molar-refractivity contribution in [2.24, 2.45) is 0 Å². The van der Waals surface area contributed by atoms with Crippen LogP contribution < -0.4 is 10.6 Å². The second-order valence-corrected chi connectivity index (χ2v) is 7.03. The molecule has 0 saturated carbocycles. The van der Waals surface area contributed by atoms with Gasteiger partial charge in [-0.2, -0.15) is 5.10 Å². The van der Waals surface area contributed by atoms with Gasteiger partial charge < -0.3 is 10.6 Å². The lowest BCUT2D eigenvalue weighted by Gasteiger charge is -2.18. The summed E-state index contributed by atoms with van der Waals surface area (Å²) in [5.41, 5.74) is 1.79. The van der Waals surface area contributed by atoms with Crippen LogP contribution in [0.15, 0.2) is 47.8 Å². The molecule has 3 rings (SSSR count). The molecule has 27 heavy (non-hydrogen) atoms. The van der Waals surface area contributed by atoms with Crippen LogP contribution in [0.1, 0.15) is 22.3 Å². The highest BCUT2D eigenvalue weighted by atomic mass is 32.1. The Morgan fingerprint density at radius 1 is 1.19 bits per heavy atom. The fourth-order valence-electron chi connectivity index (χ4n) is 2.76. The van der Waals surface area contributed by atoms with E-state index >= 15 is 0 Å². The molecule has 1 aromatic carbocycles. The van der Waals surface area contributed by atoms with Gasteiger partial charge in [-0.1, -0.05) is 18.2 Å². The van der Waals surface area contributed by atoms with Crippen molar-refractivity contribution >= 4 is 28.8 Å². The van der Waals surface area contributed by atoms with Gasteiger partial charge in [0.2, 0.25) is 0 Å². The molecule has 0 bridgehead atoms. The molecule has 0 aliphatic carbocycles. The largest absolute Gasteiger partial charge is 0.345 e. The third-order valence-corrected chi connectivity index (χ3v) is 4.97. The Hall–Kier alpha value is -3.00. The summed E-state index contributed by atoms with van der Waals surface area (Å²) >= 11 is 1.55. The van der Waals surface area contributed by atoms with Gasteiger partial charge in [0, 0.05) is 17.1 Å². The van der Waals surface area contributed by atoms with Gasteiger partial charge in [-0.25, -0.2) is 4.39 Å². The monoisotopic (exact) mass is 386 g/mol. The number of carbonyl (C=O) groups is 2. The van der Waals surface area contributed by atoms with Crippen molar-refractivity contribution in [3.63, 3.8) is 0 Å². The number of rotatable bonds is 5. The van der Waals surface area contributed by atoms with Crippen LogP contribution in [0.5, 0.6) is 0 Å². The Morgan fingerprint density at radius 2 is 1.96 bits per heavy atom. The summed E-state index contributed by atoms with van der Waals surface area (Å²) in [6.45, 7) is 4.02. The third-order valence-electron chi connectivity index (χ3n) is 4.00. The fourth-order valence-corrected chi connectivity index (χ4v) is 3.57. The first kappa shape index (κ1) is 18.8. The van der Waals surface area contributed by atoms with Crippen LogP contribution in [0.2, 0.25) is 0 Å². The molecular weight excluding hydrogens is 367 g/mol. The number of nitrogens with one attached hydrogen (secondary N) is 2. The number of thiophene rings is 1. The summed E-state index contributed by atoms with van der Waals surface area (Å²) in [5.74, 6) is -2.35. The maximum atomic E-state index is 13.6.